The summed E-state index contributed by atoms with van der Waals surface area (Å²) >= 11 is 0. The minimum Gasteiger partial charge on any atom is -0.457 e. The van der Waals surface area contributed by atoms with Crippen LogP contribution in [0.25, 0.3) is 11.0 Å². The van der Waals surface area contributed by atoms with E-state index in [1.807, 2.05) is 30.3 Å². The summed E-state index contributed by atoms with van der Waals surface area (Å²) in [5, 5.41) is 3.02. The molecule has 2 heterocycles. The average Bonchev–Trinajstić information content (AvgIpc) is 2.76. The van der Waals surface area contributed by atoms with Gasteiger partial charge in [0.1, 0.15) is 22.8 Å². The van der Waals surface area contributed by atoms with Crippen LogP contribution < -0.4 is 21.3 Å². The molecule has 0 bridgehead atoms. The van der Waals surface area contributed by atoms with Crippen LogP contribution in [0.2, 0.25) is 0 Å². The number of pyridine rings is 1. The Labute approximate surface area is 171 Å². The molecule has 0 atom stereocenters. The molecule has 1 amide bonds. The van der Waals surface area contributed by atoms with E-state index in [0.717, 1.165) is 4.57 Å². The van der Waals surface area contributed by atoms with Gasteiger partial charge in [-0.05, 0) is 36.4 Å². The van der Waals surface area contributed by atoms with Gasteiger partial charge in [0.2, 0.25) is 0 Å². The summed E-state index contributed by atoms with van der Waals surface area (Å²) in [7, 11) is 2.90. The zero-order valence-electron chi connectivity index (χ0n) is 16.3. The maximum absolute atomic E-state index is 12.7. The molecule has 0 spiro atoms. The van der Waals surface area contributed by atoms with Crippen LogP contribution in [0.3, 0.4) is 0 Å². The Morgan fingerprint density at radius 1 is 0.900 bits per heavy atom. The Bertz CT molecular complexity index is 1370. The van der Waals surface area contributed by atoms with Gasteiger partial charge in [0, 0.05) is 25.8 Å². The van der Waals surface area contributed by atoms with Crippen molar-refractivity contribution in [3.63, 3.8) is 0 Å². The van der Waals surface area contributed by atoms with Crippen molar-refractivity contribution >= 4 is 22.6 Å². The van der Waals surface area contributed by atoms with Crippen molar-refractivity contribution in [2.24, 2.45) is 14.1 Å². The van der Waals surface area contributed by atoms with Gasteiger partial charge in [0.15, 0.2) is 0 Å². The first-order valence-electron chi connectivity index (χ1n) is 9.15. The second-order valence-electron chi connectivity index (χ2n) is 6.67. The Kier molecular flexibility index (Phi) is 4.89. The second kappa shape index (κ2) is 7.67. The second-order valence-corrected chi connectivity index (χ2v) is 6.67. The lowest BCUT2D eigenvalue weighted by atomic mass is 10.2. The number of nitrogens with one attached hydrogen (secondary N) is 1. The maximum Gasteiger partial charge on any atom is 0.332 e. The molecule has 1 N–H and O–H groups in total. The standard InChI is InChI=1S/C22H18N4O4/c1-25-19-17(21(28)26(2)22(25)29)11-12-18(24-19)20(27)23-14-7-6-10-16(13-14)30-15-8-4-3-5-9-15/h3-13H,1-2H3,(H,23,27). The molecule has 4 rings (SSSR count). The first-order valence-corrected chi connectivity index (χ1v) is 9.15. The molecule has 2 aromatic carbocycles. The number of aromatic nitrogens is 3. The van der Waals surface area contributed by atoms with Crippen molar-refractivity contribution in [3.05, 3.63) is 93.3 Å². The Morgan fingerprint density at radius 2 is 1.63 bits per heavy atom. The molecule has 0 aliphatic carbocycles. The molecule has 8 nitrogen and oxygen atoms in total. The normalized spacial score (nSPS) is 10.7. The summed E-state index contributed by atoms with van der Waals surface area (Å²) in [5.74, 6) is 0.776. The number of hydrogen-bond donors (Lipinski definition) is 1. The molecule has 0 aliphatic rings. The zero-order chi connectivity index (χ0) is 21.3. The van der Waals surface area contributed by atoms with Gasteiger partial charge in [-0.2, -0.15) is 0 Å². The number of rotatable bonds is 4. The SMILES string of the molecule is Cn1c(=O)c2ccc(C(=O)Nc3cccc(Oc4ccccc4)c3)nc2n(C)c1=O. The molecule has 30 heavy (non-hydrogen) atoms. The monoisotopic (exact) mass is 402 g/mol. The summed E-state index contributed by atoms with van der Waals surface area (Å²) < 4.78 is 8.02. The number of carbonyl (C=O) groups excluding carboxylic acids is 1. The van der Waals surface area contributed by atoms with Crippen molar-refractivity contribution in [2.45, 2.75) is 0 Å². The minimum atomic E-state index is -0.511. The van der Waals surface area contributed by atoms with E-state index in [2.05, 4.69) is 10.3 Å². The molecule has 4 aromatic rings. The molecule has 0 unspecified atom stereocenters. The third-order valence-corrected chi connectivity index (χ3v) is 4.61. The maximum atomic E-state index is 12.7. The highest BCUT2D eigenvalue weighted by Gasteiger charge is 2.14. The summed E-state index contributed by atoms with van der Waals surface area (Å²) in [4.78, 5) is 41.3. The highest BCUT2D eigenvalue weighted by Crippen LogP contribution is 2.24. The number of fused-ring (bicyclic) bond motifs is 1. The number of benzene rings is 2. The van der Waals surface area contributed by atoms with Crippen LogP contribution >= 0.6 is 0 Å². The lowest BCUT2D eigenvalue weighted by Gasteiger charge is -2.10. The Balaban J connectivity index is 1.61. The largest absolute Gasteiger partial charge is 0.457 e. The Morgan fingerprint density at radius 3 is 2.40 bits per heavy atom. The molecule has 0 saturated heterocycles. The highest BCUT2D eigenvalue weighted by atomic mass is 16.5. The van der Waals surface area contributed by atoms with E-state index in [4.69, 9.17) is 4.74 Å². The third-order valence-electron chi connectivity index (χ3n) is 4.61. The van der Waals surface area contributed by atoms with Crippen molar-refractivity contribution in [2.75, 3.05) is 5.32 Å². The van der Waals surface area contributed by atoms with Crippen LogP contribution in [-0.4, -0.2) is 20.0 Å². The van der Waals surface area contributed by atoms with Gasteiger partial charge >= 0.3 is 5.69 Å². The van der Waals surface area contributed by atoms with Crippen LogP contribution in [0.5, 0.6) is 11.5 Å². The number of aryl methyl sites for hydroxylation is 1. The van der Waals surface area contributed by atoms with E-state index < -0.39 is 17.2 Å². The van der Waals surface area contributed by atoms with Crippen molar-refractivity contribution in [3.8, 4) is 11.5 Å². The number of ether oxygens (including phenoxy) is 1. The van der Waals surface area contributed by atoms with E-state index in [9.17, 15) is 14.4 Å². The molecule has 2 aromatic heterocycles. The third kappa shape index (κ3) is 3.58. The van der Waals surface area contributed by atoms with Gasteiger partial charge < -0.3 is 10.1 Å². The predicted molar refractivity (Wildman–Crippen MR) is 113 cm³/mol. The average molecular weight is 402 g/mol. The summed E-state index contributed by atoms with van der Waals surface area (Å²) in [6, 6.07) is 19.2. The lowest BCUT2D eigenvalue weighted by Crippen LogP contribution is -2.37. The fourth-order valence-corrected chi connectivity index (χ4v) is 3.04. The lowest BCUT2D eigenvalue weighted by molar-refractivity contribution is 0.102. The number of carbonyl (C=O) groups is 1. The van der Waals surface area contributed by atoms with E-state index in [1.54, 1.807) is 24.3 Å². The van der Waals surface area contributed by atoms with Gasteiger partial charge in [-0.1, -0.05) is 24.3 Å². The number of hydrogen-bond acceptors (Lipinski definition) is 5. The summed E-state index contributed by atoms with van der Waals surface area (Å²) in [6.45, 7) is 0. The van der Waals surface area contributed by atoms with Gasteiger partial charge in [-0.3, -0.25) is 18.7 Å². The molecule has 0 fully saturated rings. The summed E-state index contributed by atoms with van der Waals surface area (Å²) in [5.41, 5.74) is -0.216. The molecule has 0 saturated carbocycles. The highest BCUT2D eigenvalue weighted by molar-refractivity contribution is 6.03. The number of para-hydroxylation sites is 1. The van der Waals surface area contributed by atoms with E-state index in [-0.39, 0.29) is 16.7 Å². The number of anilines is 1. The first kappa shape index (κ1) is 19.1. The molecular formula is C22H18N4O4. The van der Waals surface area contributed by atoms with Gasteiger partial charge in [-0.25, -0.2) is 9.78 Å². The fraction of sp³-hybridized carbons (Fsp3) is 0.0909. The van der Waals surface area contributed by atoms with Gasteiger partial charge in [0.05, 0.1) is 5.39 Å². The van der Waals surface area contributed by atoms with Crippen LogP contribution in [0.15, 0.2) is 76.3 Å². The molecule has 0 radical (unpaired) electrons. The number of amides is 1. The van der Waals surface area contributed by atoms with E-state index in [0.29, 0.717) is 17.2 Å². The zero-order valence-corrected chi connectivity index (χ0v) is 16.3. The molecule has 150 valence electrons. The smallest absolute Gasteiger partial charge is 0.332 e. The molecular weight excluding hydrogens is 384 g/mol. The fourth-order valence-electron chi connectivity index (χ4n) is 3.04. The first-order chi connectivity index (χ1) is 14.4. The van der Waals surface area contributed by atoms with Gasteiger partial charge in [-0.15, -0.1) is 0 Å². The Hall–Kier alpha value is -4.20. The number of nitrogens with zero attached hydrogens (tertiary/aromatic N) is 3. The van der Waals surface area contributed by atoms with Crippen LogP contribution in [-0.2, 0) is 14.1 Å². The molecule has 0 aliphatic heterocycles. The van der Waals surface area contributed by atoms with Crippen LogP contribution in [0, 0.1) is 0 Å². The minimum absolute atomic E-state index is 0.0835. The van der Waals surface area contributed by atoms with Crippen molar-refractivity contribution < 1.29 is 9.53 Å². The predicted octanol–water partition coefficient (Wildman–Crippen LogP) is 2.68. The van der Waals surface area contributed by atoms with Gasteiger partial charge in [0.25, 0.3) is 11.5 Å². The van der Waals surface area contributed by atoms with E-state index >= 15 is 0 Å². The quantitative estimate of drug-likeness (QED) is 0.566. The van der Waals surface area contributed by atoms with Crippen molar-refractivity contribution in [1.29, 1.82) is 0 Å². The van der Waals surface area contributed by atoms with Crippen molar-refractivity contribution in [1.82, 2.24) is 14.1 Å². The topological polar surface area (TPSA) is 95.2 Å². The summed E-state index contributed by atoms with van der Waals surface area (Å²) in [6.07, 6.45) is 0. The van der Waals surface area contributed by atoms with Crippen LogP contribution in [0.4, 0.5) is 5.69 Å². The van der Waals surface area contributed by atoms with Crippen LogP contribution in [0.1, 0.15) is 10.5 Å². The van der Waals surface area contributed by atoms with E-state index in [1.165, 1.54) is 30.8 Å². The molecule has 8 heteroatoms.